The van der Waals surface area contributed by atoms with E-state index in [4.69, 9.17) is 0 Å². The van der Waals surface area contributed by atoms with Crippen LogP contribution >= 0.6 is 0 Å². The second kappa shape index (κ2) is 4.81. The zero-order chi connectivity index (χ0) is 11.6. The lowest BCUT2D eigenvalue weighted by Crippen LogP contribution is -2.64. The van der Waals surface area contributed by atoms with Crippen molar-refractivity contribution in [2.45, 2.75) is 51.7 Å². The molecule has 15 heavy (non-hydrogen) atoms. The van der Waals surface area contributed by atoms with E-state index >= 15 is 0 Å². The average molecular weight is 214 g/mol. The molecule has 0 aromatic heterocycles. The van der Waals surface area contributed by atoms with E-state index < -0.39 is 0 Å². The Morgan fingerprint density at radius 2 is 2.07 bits per heavy atom. The third-order valence-electron chi connectivity index (χ3n) is 3.92. The highest BCUT2D eigenvalue weighted by Gasteiger charge is 2.37. The normalized spacial score (nSPS) is 30.4. The van der Waals surface area contributed by atoms with Crippen LogP contribution in [0.1, 0.15) is 34.1 Å². The average Bonchev–Trinajstić information content (AvgIpc) is 2.20. The van der Waals surface area contributed by atoms with E-state index in [0.717, 1.165) is 19.5 Å². The molecule has 1 aliphatic heterocycles. The van der Waals surface area contributed by atoms with Crippen molar-refractivity contribution in [1.29, 1.82) is 0 Å². The van der Waals surface area contributed by atoms with Crippen LogP contribution in [0.15, 0.2) is 0 Å². The van der Waals surface area contributed by atoms with E-state index in [1.54, 1.807) is 0 Å². The Kier molecular flexibility index (Phi) is 4.15. The fraction of sp³-hybridized carbons (Fsp3) is 1.00. The molecule has 3 heteroatoms. The molecule has 1 heterocycles. The molecular formula is C12H26N2O. The first-order valence-corrected chi connectivity index (χ1v) is 6.00. The number of hydrogen-bond acceptors (Lipinski definition) is 3. The van der Waals surface area contributed by atoms with Gasteiger partial charge in [-0.2, -0.15) is 0 Å². The van der Waals surface area contributed by atoms with E-state index in [1.807, 2.05) is 0 Å². The molecule has 2 unspecified atom stereocenters. The second-order valence-electron chi connectivity index (χ2n) is 5.46. The monoisotopic (exact) mass is 214 g/mol. The summed E-state index contributed by atoms with van der Waals surface area (Å²) in [6.45, 7) is 11.3. The van der Waals surface area contributed by atoms with Gasteiger partial charge in [-0.1, -0.05) is 6.92 Å². The van der Waals surface area contributed by atoms with Gasteiger partial charge >= 0.3 is 0 Å². The Bertz CT molecular complexity index is 206. The number of aliphatic hydroxyl groups excluding tert-OH is 1. The van der Waals surface area contributed by atoms with Gasteiger partial charge in [-0.25, -0.2) is 0 Å². The van der Waals surface area contributed by atoms with Crippen molar-refractivity contribution < 1.29 is 5.11 Å². The largest absolute Gasteiger partial charge is 0.395 e. The molecule has 1 N–H and O–H groups in total. The Balaban J connectivity index is 2.75. The summed E-state index contributed by atoms with van der Waals surface area (Å²) < 4.78 is 0. The van der Waals surface area contributed by atoms with Crippen molar-refractivity contribution >= 4 is 0 Å². The van der Waals surface area contributed by atoms with Gasteiger partial charge in [-0.3, -0.25) is 9.80 Å². The first-order chi connectivity index (χ1) is 6.92. The highest BCUT2D eigenvalue weighted by molar-refractivity contribution is 4.94. The molecule has 0 aromatic carbocycles. The lowest BCUT2D eigenvalue weighted by molar-refractivity contribution is -0.0394. The summed E-state index contributed by atoms with van der Waals surface area (Å²) >= 11 is 0. The summed E-state index contributed by atoms with van der Waals surface area (Å²) in [7, 11) is 2.15. The van der Waals surface area contributed by atoms with Gasteiger partial charge in [0, 0.05) is 30.7 Å². The molecule has 0 bridgehead atoms. The fourth-order valence-corrected chi connectivity index (χ4v) is 2.28. The van der Waals surface area contributed by atoms with Crippen molar-refractivity contribution in [3.8, 4) is 0 Å². The Labute approximate surface area is 94.1 Å². The number of nitrogens with zero attached hydrogens (tertiary/aromatic N) is 2. The number of piperazine rings is 1. The van der Waals surface area contributed by atoms with E-state index in [2.05, 4.69) is 44.5 Å². The standard InChI is InChI=1S/C12H26N2O/c1-6-10(2)14-9-12(3,4)13(5)7-11(14)8-15/h10-11,15H,6-9H2,1-5H3. The molecule has 0 radical (unpaired) electrons. The number of aliphatic hydroxyl groups is 1. The van der Waals surface area contributed by atoms with Crippen molar-refractivity contribution in [3.63, 3.8) is 0 Å². The lowest BCUT2D eigenvalue weighted by atomic mass is 9.94. The van der Waals surface area contributed by atoms with E-state index in [0.29, 0.717) is 12.1 Å². The molecule has 0 aromatic rings. The SMILES string of the molecule is CCC(C)N1CC(C)(C)N(C)CC1CO. The van der Waals surface area contributed by atoms with Crippen LogP contribution in [0.4, 0.5) is 0 Å². The second-order valence-corrected chi connectivity index (χ2v) is 5.46. The van der Waals surface area contributed by atoms with Crippen LogP contribution < -0.4 is 0 Å². The van der Waals surface area contributed by atoms with Crippen LogP contribution in [0.3, 0.4) is 0 Å². The van der Waals surface area contributed by atoms with Crippen LogP contribution in [-0.2, 0) is 0 Å². The maximum atomic E-state index is 9.43. The van der Waals surface area contributed by atoms with Crippen LogP contribution in [-0.4, -0.2) is 59.3 Å². The van der Waals surface area contributed by atoms with Crippen LogP contribution in [0.2, 0.25) is 0 Å². The molecule has 0 saturated carbocycles. The van der Waals surface area contributed by atoms with Crippen molar-refractivity contribution in [1.82, 2.24) is 9.80 Å². The van der Waals surface area contributed by atoms with E-state index in [9.17, 15) is 5.11 Å². The minimum atomic E-state index is 0.217. The summed E-state index contributed by atoms with van der Waals surface area (Å²) in [6, 6.07) is 0.869. The van der Waals surface area contributed by atoms with E-state index in [-0.39, 0.29) is 12.1 Å². The molecule has 1 rings (SSSR count). The molecular weight excluding hydrogens is 188 g/mol. The van der Waals surface area contributed by atoms with Gasteiger partial charge in [-0.05, 0) is 34.2 Å². The van der Waals surface area contributed by atoms with Crippen LogP contribution in [0.25, 0.3) is 0 Å². The summed E-state index contributed by atoms with van der Waals surface area (Å²) in [4.78, 5) is 4.81. The van der Waals surface area contributed by atoms with Gasteiger partial charge in [0.25, 0.3) is 0 Å². The molecule has 2 atom stereocenters. The van der Waals surface area contributed by atoms with Gasteiger partial charge in [0.1, 0.15) is 0 Å². The number of likely N-dealkylation sites (N-methyl/N-ethyl adjacent to an activating group) is 1. The summed E-state index contributed by atoms with van der Waals surface area (Å²) in [5, 5.41) is 9.43. The molecule has 0 amide bonds. The van der Waals surface area contributed by atoms with Crippen LogP contribution in [0, 0.1) is 0 Å². The van der Waals surface area contributed by atoms with Crippen molar-refractivity contribution in [3.05, 3.63) is 0 Å². The lowest BCUT2D eigenvalue weighted by Gasteiger charge is -2.51. The number of hydrogen-bond donors (Lipinski definition) is 1. The maximum Gasteiger partial charge on any atom is 0.0599 e. The molecule has 3 nitrogen and oxygen atoms in total. The van der Waals surface area contributed by atoms with Gasteiger partial charge in [0.05, 0.1) is 6.61 Å². The Morgan fingerprint density at radius 3 is 2.53 bits per heavy atom. The zero-order valence-electron chi connectivity index (χ0n) is 10.8. The van der Waals surface area contributed by atoms with Crippen molar-refractivity contribution in [2.75, 3.05) is 26.7 Å². The third kappa shape index (κ3) is 2.71. The predicted octanol–water partition coefficient (Wildman–Crippen LogP) is 1.17. The summed E-state index contributed by atoms with van der Waals surface area (Å²) in [5.41, 5.74) is 0.217. The Morgan fingerprint density at radius 1 is 1.47 bits per heavy atom. The van der Waals surface area contributed by atoms with Gasteiger partial charge in [-0.15, -0.1) is 0 Å². The topological polar surface area (TPSA) is 26.7 Å². The Hall–Kier alpha value is -0.120. The van der Waals surface area contributed by atoms with Crippen molar-refractivity contribution in [2.24, 2.45) is 0 Å². The maximum absolute atomic E-state index is 9.43. The molecule has 1 saturated heterocycles. The summed E-state index contributed by atoms with van der Waals surface area (Å²) in [6.07, 6.45) is 1.15. The first-order valence-electron chi connectivity index (χ1n) is 6.00. The summed E-state index contributed by atoms with van der Waals surface area (Å²) in [5.74, 6) is 0. The number of rotatable bonds is 3. The smallest absolute Gasteiger partial charge is 0.0599 e. The third-order valence-corrected chi connectivity index (χ3v) is 3.92. The van der Waals surface area contributed by atoms with Crippen LogP contribution in [0.5, 0.6) is 0 Å². The highest BCUT2D eigenvalue weighted by atomic mass is 16.3. The quantitative estimate of drug-likeness (QED) is 0.764. The predicted molar refractivity (Wildman–Crippen MR) is 64.0 cm³/mol. The molecule has 90 valence electrons. The fourth-order valence-electron chi connectivity index (χ4n) is 2.28. The molecule has 0 aliphatic carbocycles. The zero-order valence-corrected chi connectivity index (χ0v) is 10.8. The van der Waals surface area contributed by atoms with Gasteiger partial charge in [0.15, 0.2) is 0 Å². The minimum Gasteiger partial charge on any atom is -0.395 e. The first kappa shape index (κ1) is 12.9. The van der Waals surface area contributed by atoms with Gasteiger partial charge < -0.3 is 5.11 Å². The molecule has 1 fully saturated rings. The molecule has 0 spiro atoms. The molecule has 1 aliphatic rings. The minimum absolute atomic E-state index is 0.217. The van der Waals surface area contributed by atoms with E-state index in [1.165, 1.54) is 0 Å². The van der Waals surface area contributed by atoms with Gasteiger partial charge in [0.2, 0.25) is 0 Å². The highest BCUT2D eigenvalue weighted by Crippen LogP contribution is 2.25.